The van der Waals surface area contributed by atoms with Gasteiger partial charge >= 0.3 is 0 Å². The lowest BCUT2D eigenvalue weighted by molar-refractivity contribution is 0.0706. The average molecular weight is 393 g/mol. The van der Waals surface area contributed by atoms with Crippen LogP contribution in [0.3, 0.4) is 0 Å². The van der Waals surface area contributed by atoms with Crippen molar-refractivity contribution in [3.8, 4) is 22.8 Å². The minimum absolute atomic E-state index is 0.0913. The highest BCUT2D eigenvalue weighted by atomic mass is 16.5. The molecule has 0 bridgehead atoms. The van der Waals surface area contributed by atoms with E-state index < -0.39 is 6.04 Å². The number of benzene rings is 2. The Morgan fingerprint density at radius 3 is 2.79 bits per heavy atom. The van der Waals surface area contributed by atoms with Crippen molar-refractivity contribution in [2.24, 2.45) is 0 Å². The van der Waals surface area contributed by atoms with E-state index in [1.807, 2.05) is 37.3 Å². The van der Waals surface area contributed by atoms with Gasteiger partial charge in [0.2, 0.25) is 0 Å². The number of rotatable bonds is 7. The molecule has 1 atom stereocenters. The zero-order valence-electron chi connectivity index (χ0n) is 16.1. The molecule has 0 radical (unpaired) electrons. The molecule has 4 rings (SSSR count). The third kappa shape index (κ3) is 3.34. The van der Waals surface area contributed by atoms with Gasteiger partial charge in [-0.05, 0) is 36.2 Å². The number of nitrogens with zero attached hydrogens (tertiary/aromatic N) is 2. The third-order valence-electron chi connectivity index (χ3n) is 5.01. The number of hydrogen-bond donors (Lipinski definition) is 3. The molecule has 0 saturated heterocycles. The Kier molecular flexibility index (Phi) is 5.22. The molecule has 1 aromatic heterocycles. The van der Waals surface area contributed by atoms with E-state index in [0.717, 1.165) is 17.7 Å². The number of aromatic hydroxyl groups is 1. The summed E-state index contributed by atoms with van der Waals surface area (Å²) in [4.78, 5) is 14.6. The predicted octanol–water partition coefficient (Wildman–Crippen LogP) is 3.11. The van der Waals surface area contributed by atoms with Crippen LogP contribution in [0.4, 0.5) is 0 Å². The molecule has 1 amide bonds. The highest BCUT2D eigenvalue weighted by Gasteiger charge is 2.42. The number of aromatic amines is 1. The number of phenolic OH excluding ortho intramolecular Hbond substituents is 1. The van der Waals surface area contributed by atoms with Gasteiger partial charge < -0.3 is 19.8 Å². The lowest BCUT2D eigenvalue weighted by Crippen LogP contribution is -2.32. The van der Waals surface area contributed by atoms with Gasteiger partial charge in [-0.2, -0.15) is 5.10 Å². The van der Waals surface area contributed by atoms with Crippen molar-refractivity contribution >= 4 is 5.91 Å². The second-order valence-corrected chi connectivity index (χ2v) is 6.92. The van der Waals surface area contributed by atoms with Gasteiger partial charge in [0.1, 0.15) is 22.9 Å². The first kappa shape index (κ1) is 19.0. The van der Waals surface area contributed by atoms with Crippen LogP contribution in [0.25, 0.3) is 11.3 Å². The molecule has 0 fully saturated rings. The Bertz CT molecular complexity index is 1030. The standard InChI is InChI=1S/C22H23N3O4/c1-2-12-29-15-7-5-6-14(13-15)21-18-19(16-8-3-4-9-17(16)27)23-24-20(18)22(28)25(21)10-11-26/h3-9,13,21,26-27H,2,10-12H2,1H3,(H,23,24). The van der Waals surface area contributed by atoms with Crippen LogP contribution in [0.5, 0.6) is 11.5 Å². The van der Waals surface area contributed by atoms with Crippen molar-refractivity contribution in [1.29, 1.82) is 0 Å². The second-order valence-electron chi connectivity index (χ2n) is 6.92. The first-order chi connectivity index (χ1) is 14.2. The summed E-state index contributed by atoms with van der Waals surface area (Å²) in [5.41, 5.74) is 3.00. The molecule has 0 saturated carbocycles. The fraction of sp³-hybridized carbons (Fsp3) is 0.273. The molecule has 2 heterocycles. The van der Waals surface area contributed by atoms with Crippen LogP contribution < -0.4 is 4.74 Å². The quantitative estimate of drug-likeness (QED) is 0.573. The third-order valence-corrected chi connectivity index (χ3v) is 5.01. The number of para-hydroxylation sites is 1. The molecular weight excluding hydrogens is 370 g/mol. The molecule has 0 aliphatic carbocycles. The van der Waals surface area contributed by atoms with Gasteiger partial charge in [-0.3, -0.25) is 9.89 Å². The molecule has 1 unspecified atom stereocenters. The Balaban J connectivity index is 1.84. The predicted molar refractivity (Wildman–Crippen MR) is 108 cm³/mol. The van der Waals surface area contributed by atoms with E-state index in [1.165, 1.54) is 0 Å². The number of aliphatic hydroxyl groups is 1. The number of ether oxygens (including phenoxy) is 1. The van der Waals surface area contributed by atoms with Crippen molar-refractivity contribution in [2.75, 3.05) is 19.8 Å². The maximum absolute atomic E-state index is 13.0. The van der Waals surface area contributed by atoms with Gasteiger partial charge in [-0.25, -0.2) is 0 Å². The summed E-state index contributed by atoms with van der Waals surface area (Å²) < 4.78 is 5.76. The number of nitrogens with one attached hydrogen (secondary N) is 1. The number of carbonyl (C=O) groups excluding carboxylic acids is 1. The van der Waals surface area contributed by atoms with Gasteiger partial charge in [-0.15, -0.1) is 0 Å². The first-order valence-corrected chi connectivity index (χ1v) is 9.67. The van der Waals surface area contributed by atoms with Gasteiger partial charge in [0.25, 0.3) is 5.91 Å². The molecule has 29 heavy (non-hydrogen) atoms. The minimum atomic E-state index is -0.441. The van der Waals surface area contributed by atoms with Gasteiger partial charge in [-0.1, -0.05) is 31.2 Å². The summed E-state index contributed by atoms with van der Waals surface area (Å²) in [5.74, 6) is 0.587. The van der Waals surface area contributed by atoms with Crippen LogP contribution in [-0.2, 0) is 0 Å². The van der Waals surface area contributed by atoms with E-state index in [0.29, 0.717) is 29.1 Å². The average Bonchev–Trinajstić information content (AvgIpc) is 3.27. The van der Waals surface area contributed by atoms with Crippen LogP contribution in [0.15, 0.2) is 48.5 Å². The van der Waals surface area contributed by atoms with Crippen molar-refractivity contribution in [3.63, 3.8) is 0 Å². The Hall–Kier alpha value is -3.32. The molecule has 3 aromatic rings. The topological polar surface area (TPSA) is 98.7 Å². The highest BCUT2D eigenvalue weighted by molar-refractivity contribution is 6.00. The zero-order valence-corrected chi connectivity index (χ0v) is 16.1. The summed E-state index contributed by atoms with van der Waals surface area (Å²) in [6.07, 6.45) is 0.895. The summed E-state index contributed by atoms with van der Waals surface area (Å²) in [6, 6.07) is 14.1. The van der Waals surface area contributed by atoms with Crippen LogP contribution in [0.2, 0.25) is 0 Å². The van der Waals surface area contributed by atoms with Crippen LogP contribution in [0.1, 0.15) is 41.0 Å². The SMILES string of the molecule is CCCOc1cccc(C2c3c(-c4ccccc4O)n[nH]c3C(=O)N2CCO)c1. The molecule has 150 valence electrons. The number of phenols is 1. The number of aromatic nitrogens is 2. The second kappa shape index (κ2) is 7.97. The van der Waals surface area contributed by atoms with E-state index in [1.54, 1.807) is 23.1 Å². The molecule has 7 nitrogen and oxygen atoms in total. The molecule has 3 N–H and O–H groups in total. The molecule has 2 aromatic carbocycles. The van der Waals surface area contributed by atoms with Crippen LogP contribution >= 0.6 is 0 Å². The van der Waals surface area contributed by atoms with E-state index in [-0.39, 0.29) is 24.8 Å². The van der Waals surface area contributed by atoms with Gasteiger partial charge in [0.15, 0.2) is 0 Å². The smallest absolute Gasteiger partial charge is 0.273 e. The lowest BCUT2D eigenvalue weighted by atomic mass is 9.95. The monoisotopic (exact) mass is 393 g/mol. The van der Waals surface area contributed by atoms with E-state index in [9.17, 15) is 15.0 Å². The largest absolute Gasteiger partial charge is 0.507 e. The first-order valence-electron chi connectivity index (χ1n) is 9.67. The fourth-order valence-electron chi connectivity index (χ4n) is 3.76. The van der Waals surface area contributed by atoms with E-state index in [2.05, 4.69) is 10.2 Å². The number of carbonyl (C=O) groups is 1. The van der Waals surface area contributed by atoms with E-state index >= 15 is 0 Å². The van der Waals surface area contributed by atoms with Crippen LogP contribution in [0, 0.1) is 0 Å². The van der Waals surface area contributed by atoms with Crippen molar-refractivity contribution < 1.29 is 19.7 Å². The normalized spacial score (nSPS) is 15.6. The number of H-pyrrole nitrogens is 1. The fourth-order valence-corrected chi connectivity index (χ4v) is 3.76. The number of hydrogen-bond acceptors (Lipinski definition) is 5. The number of β-amino-alcohol motifs (C(OH)–C–C–N with tert-alkyl or cyclic N) is 1. The number of amides is 1. The summed E-state index contributed by atoms with van der Waals surface area (Å²) >= 11 is 0. The summed E-state index contributed by atoms with van der Waals surface area (Å²) in [6.45, 7) is 2.68. The number of aliphatic hydroxyl groups excluding tert-OH is 1. The van der Waals surface area contributed by atoms with E-state index in [4.69, 9.17) is 4.74 Å². The maximum atomic E-state index is 13.0. The molecule has 0 spiro atoms. The molecule has 7 heteroatoms. The highest BCUT2D eigenvalue weighted by Crippen LogP contribution is 2.44. The zero-order chi connectivity index (χ0) is 20.4. The van der Waals surface area contributed by atoms with Crippen molar-refractivity contribution in [3.05, 3.63) is 65.4 Å². The Morgan fingerprint density at radius 1 is 1.21 bits per heavy atom. The minimum Gasteiger partial charge on any atom is -0.507 e. The summed E-state index contributed by atoms with van der Waals surface area (Å²) in [7, 11) is 0. The summed E-state index contributed by atoms with van der Waals surface area (Å²) in [5, 5.41) is 27.0. The van der Waals surface area contributed by atoms with Crippen molar-refractivity contribution in [2.45, 2.75) is 19.4 Å². The Morgan fingerprint density at radius 2 is 2.03 bits per heavy atom. The molecule has 1 aliphatic heterocycles. The van der Waals surface area contributed by atoms with Gasteiger partial charge in [0.05, 0.1) is 19.3 Å². The van der Waals surface area contributed by atoms with Gasteiger partial charge in [0, 0.05) is 17.7 Å². The molecular formula is C22H23N3O4. The van der Waals surface area contributed by atoms with Crippen molar-refractivity contribution in [1.82, 2.24) is 15.1 Å². The maximum Gasteiger partial charge on any atom is 0.273 e. The van der Waals surface area contributed by atoms with Crippen LogP contribution in [-0.4, -0.2) is 51.0 Å². The number of fused-ring (bicyclic) bond motifs is 1. The molecule has 1 aliphatic rings. The Labute approximate surface area is 168 Å². The lowest BCUT2D eigenvalue weighted by Gasteiger charge is -2.26.